The molecule has 5 rings (SSSR count). The Morgan fingerprint density at radius 1 is 1.03 bits per heavy atom. The molecule has 0 bridgehead atoms. The Hall–Kier alpha value is -3.68. The third kappa shape index (κ3) is 3.97. The van der Waals surface area contributed by atoms with E-state index in [0.717, 1.165) is 53.4 Å². The van der Waals surface area contributed by atoms with Gasteiger partial charge in [-0.05, 0) is 44.5 Å². The molecule has 0 aliphatic carbocycles. The lowest BCUT2D eigenvalue weighted by atomic mass is 10.2. The molecule has 4 heterocycles. The van der Waals surface area contributed by atoms with E-state index in [2.05, 4.69) is 43.0 Å². The first kappa shape index (κ1) is 21.2. The summed E-state index contributed by atoms with van der Waals surface area (Å²) in [6.45, 7) is 8.95. The highest BCUT2D eigenvalue weighted by atomic mass is 16.3. The molecule has 1 aliphatic rings. The molecular weight excluding hydrogens is 416 g/mol. The fraction of sp³-hybridized carbons (Fsp3) is 0.360. The van der Waals surface area contributed by atoms with Crippen molar-refractivity contribution in [1.82, 2.24) is 24.6 Å². The molecule has 1 aliphatic heterocycles. The van der Waals surface area contributed by atoms with Gasteiger partial charge in [0.1, 0.15) is 11.6 Å². The zero-order chi connectivity index (χ0) is 22.9. The number of anilines is 1. The van der Waals surface area contributed by atoms with E-state index in [1.165, 1.54) is 11.8 Å². The van der Waals surface area contributed by atoms with E-state index < -0.39 is 0 Å². The number of carbonyl (C=O) groups excluding carboxylic acids is 1. The Kier molecular flexibility index (Phi) is 5.58. The van der Waals surface area contributed by atoms with Gasteiger partial charge < -0.3 is 14.2 Å². The van der Waals surface area contributed by atoms with Gasteiger partial charge in [-0.2, -0.15) is 5.10 Å². The highest BCUT2D eigenvalue weighted by Crippen LogP contribution is 2.30. The summed E-state index contributed by atoms with van der Waals surface area (Å²) in [4.78, 5) is 26.7. The van der Waals surface area contributed by atoms with Crippen LogP contribution in [0.5, 0.6) is 0 Å². The van der Waals surface area contributed by atoms with Gasteiger partial charge in [0, 0.05) is 32.6 Å². The summed E-state index contributed by atoms with van der Waals surface area (Å²) in [7, 11) is 0. The van der Waals surface area contributed by atoms with Gasteiger partial charge in [-0.1, -0.05) is 24.6 Å². The van der Waals surface area contributed by atoms with Crippen molar-refractivity contribution in [1.29, 1.82) is 0 Å². The van der Waals surface area contributed by atoms with Crippen LogP contribution in [0.4, 0.5) is 5.82 Å². The smallest absolute Gasteiger partial charge is 0.289 e. The number of fused-ring (bicyclic) bond motifs is 1. The first-order valence-electron chi connectivity index (χ1n) is 11.5. The first-order valence-corrected chi connectivity index (χ1v) is 11.5. The molecule has 170 valence electrons. The number of aromatic nitrogens is 4. The first-order chi connectivity index (χ1) is 16.0. The minimum absolute atomic E-state index is 0.0627. The Bertz CT molecular complexity index is 1280. The second-order valence-electron chi connectivity index (χ2n) is 8.46. The second-order valence-corrected chi connectivity index (χ2v) is 8.46. The molecule has 3 aromatic heterocycles. The summed E-state index contributed by atoms with van der Waals surface area (Å²) < 4.78 is 7.24. The summed E-state index contributed by atoms with van der Waals surface area (Å²) in [5.74, 6) is 2.02. The van der Waals surface area contributed by atoms with Crippen molar-refractivity contribution in [2.24, 2.45) is 0 Å². The predicted molar refractivity (Wildman–Crippen MR) is 127 cm³/mol. The number of furan rings is 1. The fourth-order valence-corrected chi connectivity index (χ4v) is 4.35. The van der Waals surface area contributed by atoms with Gasteiger partial charge in [-0.3, -0.25) is 4.79 Å². The van der Waals surface area contributed by atoms with Crippen LogP contribution in [0.2, 0.25) is 0 Å². The number of carbonyl (C=O) groups is 1. The molecule has 1 amide bonds. The Morgan fingerprint density at radius 2 is 1.85 bits per heavy atom. The van der Waals surface area contributed by atoms with Crippen LogP contribution in [0.25, 0.3) is 16.7 Å². The topological polar surface area (TPSA) is 80.3 Å². The number of hydrogen-bond acceptors (Lipinski definition) is 6. The molecule has 0 atom stereocenters. The van der Waals surface area contributed by atoms with Gasteiger partial charge >= 0.3 is 0 Å². The maximum atomic E-state index is 12.8. The number of rotatable bonds is 4. The van der Waals surface area contributed by atoms with Crippen LogP contribution in [-0.2, 0) is 6.42 Å². The largest absolute Gasteiger partial charge is 0.459 e. The van der Waals surface area contributed by atoms with Gasteiger partial charge in [0.25, 0.3) is 5.91 Å². The van der Waals surface area contributed by atoms with Crippen LogP contribution >= 0.6 is 0 Å². The van der Waals surface area contributed by atoms with Crippen molar-refractivity contribution in [3.8, 4) is 5.69 Å². The predicted octanol–water partition coefficient (Wildman–Crippen LogP) is 3.94. The lowest BCUT2D eigenvalue weighted by molar-refractivity contribution is 0.0735. The molecule has 1 aromatic carbocycles. The van der Waals surface area contributed by atoms with Crippen LogP contribution in [0.3, 0.4) is 0 Å². The van der Waals surface area contributed by atoms with Crippen molar-refractivity contribution >= 4 is 22.8 Å². The van der Waals surface area contributed by atoms with Crippen LogP contribution in [0.1, 0.15) is 41.0 Å². The SMILES string of the molecule is CCc1nc(N2CCCN(C(=O)c3ccco3)CC2)c2c(C)nn(-c3ccc(C)cc3)c2n1. The molecule has 1 fully saturated rings. The van der Waals surface area contributed by atoms with Crippen molar-refractivity contribution < 1.29 is 9.21 Å². The van der Waals surface area contributed by atoms with Crippen molar-refractivity contribution in [2.45, 2.75) is 33.6 Å². The minimum atomic E-state index is -0.0627. The van der Waals surface area contributed by atoms with Gasteiger partial charge in [-0.25, -0.2) is 14.6 Å². The number of amides is 1. The second kappa shape index (κ2) is 8.69. The number of aryl methyl sites for hydroxylation is 3. The summed E-state index contributed by atoms with van der Waals surface area (Å²) >= 11 is 0. The van der Waals surface area contributed by atoms with Crippen LogP contribution in [0.15, 0.2) is 47.1 Å². The molecule has 33 heavy (non-hydrogen) atoms. The summed E-state index contributed by atoms with van der Waals surface area (Å²) in [6.07, 6.45) is 3.12. The summed E-state index contributed by atoms with van der Waals surface area (Å²) in [5, 5.41) is 5.80. The molecular formula is C25H28N6O2. The fourth-order valence-electron chi connectivity index (χ4n) is 4.35. The minimum Gasteiger partial charge on any atom is -0.459 e. The maximum absolute atomic E-state index is 12.8. The molecule has 8 nitrogen and oxygen atoms in total. The van der Waals surface area contributed by atoms with E-state index in [9.17, 15) is 4.79 Å². The molecule has 4 aromatic rings. The molecule has 0 N–H and O–H groups in total. The average Bonchev–Trinajstić information content (AvgIpc) is 3.40. The Morgan fingerprint density at radius 3 is 2.58 bits per heavy atom. The average molecular weight is 445 g/mol. The van der Waals surface area contributed by atoms with Gasteiger partial charge in [0.05, 0.1) is 23.0 Å². The highest BCUT2D eigenvalue weighted by molar-refractivity contribution is 5.92. The molecule has 1 saturated heterocycles. The molecule has 0 saturated carbocycles. The zero-order valence-corrected chi connectivity index (χ0v) is 19.3. The van der Waals surface area contributed by atoms with E-state index in [0.29, 0.717) is 25.4 Å². The quantitative estimate of drug-likeness (QED) is 0.474. The summed E-state index contributed by atoms with van der Waals surface area (Å²) in [6, 6.07) is 11.8. The third-order valence-electron chi connectivity index (χ3n) is 6.14. The molecule has 0 unspecified atom stereocenters. The zero-order valence-electron chi connectivity index (χ0n) is 19.3. The lowest BCUT2D eigenvalue weighted by Gasteiger charge is -2.23. The Balaban J connectivity index is 1.51. The molecule has 0 radical (unpaired) electrons. The van der Waals surface area contributed by atoms with Crippen LogP contribution in [0, 0.1) is 13.8 Å². The van der Waals surface area contributed by atoms with Crippen molar-refractivity contribution in [2.75, 3.05) is 31.1 Å². The van der Waals surface area contributed by atoms with E-state index in [4.69, 9.17) is 19.5 Å². The van der Waals surface area contributed by atoms with Gasteiger partial charge in [-0.15, -0.1) is 0 Å². The van der Waals surface area contributed by atoms with E-state index in [-0.39, 0.29) is 5.91 Å². The lowest BCUT2D eigenvalue weighted by Crippen LogP contribution is -2.35. The molecule has 0 spiro atoms. The highest BCUT2D eigenvalue weighted by Gasteiger charge is 2.26. The normalized spacial score (nSPS) is 14.6. The Labute approximate surface area is 192 Å². The number of benzene rings is 1. The number of nitrogens with zero attached hydrogens (tertiary/aromatic N) is 6. The van der Waals surface area contributed by atoms with E-state index >= 15 is 0 Å². The van der Waals surface area contributed by atoms with E-state index in [1.54, 1.807) is 12.1 Å². The van der Waals surface area contributed by atoms with E-state index in [1.807, 2.05) is 16.5 Å². The van der Waals surface area contributed by atoms with Crippen molar-refractivity contribution in [3.63, 3.8) is 0 Å². The molecule has 8 heteroatoms. The van der Waals surface area contributed by atoms with Crippen LogP contribution in [-0.4, -0.2) is 56.7 Å². The van der Waals surface area contributed by atoms with Gasteiger partial charge in [0.2, 0.25) is 0 Å². The standard InChI is InChI=1S/C25H28N6O2/c1-4-21-26-23(29-12-6-13-30(15-14-29)25(32)20-7-5-16-33-20)22-18(3)28-31(24(22)27-21)19-10-8-17(2)9-11-19/h5,7-11,16H,4,6,12-15H2,1-3H3. The van der Waals surface area contributed by atoms with Crippen LogP contribution < -0.4 is 4.90 Å². The van der Waals surface area contributed by atoms with Gasteiger partial charge in [0.15, 0.2) is 11.4 Å². The maximum Gasteiger partial charge on any atom is 0.289 e. The van der Waals surface area contributed by atoms with Crippen molar-refractivity contribution in [3.05, 3.63) is 65.5 Å². The number of hydrogen-bond donors (Lipinski definition) is 0. The summed E-state index contributed by atoms with van der Waals surface area (Å²) in [5.41, 5.74) is 3.91. The third-order valence-corrected chi connectivity index (χ3v) is 6.14. The monoisotopic (exact) mass is 444 g/mol.